The van der Waals surface area contributed by atoms with Gasteiger partial charge < -0.3 is 15.0 Å². The molecule has 29 heavy (non-hydrogen) atoms. The second-order valence-electron chi connectivity index (χ2n) is 6.40. The topological polar surface area (TPSA) is 97.2 Å². The molecule has 9 heteroatoms. The van der Waals surface area contributed by atoms with E-state index in [1.54, 1.807) is 29.0 Å². The van der Waals surface area contributed by atoms with Crippen LogP contribution in [-0.4, -0.2) is 37.8 Å². The lowest BCUT2D eigenvalue weighted by Crippen LogP contribution is -2.24. The van der Waals surface area contributed by atoms with E-state index in [9.17, 15) is 4.79 Å². The van der Waals surface area contributed by atoms with Crippen molar-refractivity contribution in [1.29, 1.82) is 0 Å². The summed E-state index contributed by atoms with van der Waals surface area (Å²) >= 11 is 1.61. The lowest BCUT2D eigenvalue weighted by molar-refractivity contribution is 0.0945. The van der Waals surface area contributed by atoms with Crippen LogP contribution >= 0.6 is 11.3 Å². The first-order valence-electron chi connectivity index (χ1n) is 8.91. The van der Waals surface area contributed by atoms with E-state index in [1.807, 2.05) is 47.8 Å². The van der Waals surface area contributed by atoms with Gasteiger partial charge in [-0.3, -0.25) is 4.79 Å². The Morgan fingerprint density at radius 3 is 2.97 bits per heavy atom. The maximum absolute atomic E-state index is 12.6. The molecule has 8 nitrogen and oxygen atoms in total. The fourth-order valence-corrected chi connectivity index (χ4v) is 3.80. The minimum absolute atomic E-state index is 0.208. The number of rotatable bonds is 5. The van der Waals surface area contributed by atoms with Gasteiger partial charge in [0.1, 0.15) is 17.1 Å². The Balaban J connectivity index is 1.37. The highest BCUT2D eigenvalue weighted by Crippen LogP contribution is 2.23. The van der Waals surface area contributed by atoms with Crippen LogP contribution in [0.5, 0.6) is 5.75 Å². The van der Waals surface area contributed by atoms with Crippen molar-refractivity contribution in [2.24, 2.45) is 0 Å². The number of aromatic amines is 1. The average molecular weight is 404 g/mol. The van der Waals surface area contributed by atoms with Crippen LogP contribution in [0.2, 0.25) is 0 Å². The molecule has 1 aromatic carbocycles. The summed E-state index contributed by atoms with van der Waals surface area (Å²) in [4.78, 5) is 16.8. The number of hydrogen-bond acceptors (Lipinski definition) is 6. The highest BCUT2D eigenvalue weighted by molar-refractivity contribution is 7.13. The first kappa shape index (κ1) is 17.4. The van der Waals surface area contributed by atoms with E-state index in [4.69, 9.17) is 4.74 Å². The zero-order valence-electron chi connectivity index (χ0n) is 15.4. The zero-order valence-corrected chi connectivity index (χ0v) is 16.2. The number of fused-ring (bicyclic) bond motifs is 2. The van der Waals surface area contributed by atoms with Gasteiger partial charge in [-0.25, -0.2) is 0 Å². The maximum Gasteiger partial charge on any atom is 0.268 e. The number of hydrogen-bond donors (Lipinski definition) is 2. The molecular formula is C20H16N6O2S. The van der Waals surface area contributed by atoms with Crippen LogP contribution in [-0.2, 0) is 6.54 Å². The van der Waals surface area contributed by atoms with Crippen LogP contribution in [0.1, 0.15) is 16.3 Å². The first-order chi connectivity index (χ1) is 14.2. The van der Waals surface area contributed by atoms with Crippen molar-refractivity contribution < 1.29 is 9.53 Å². The molecule has 5 aromatic rings. The highest BCUT2D eigenvalue weighted by atomic mass is 32.1. The molecule has 0 aliphatic heterocycles. The van der Waals surface area contributed by atoms with Crippen LogP contribution in [0, 0.1) is 0 Å². The lowest BCUT2D eigenvalue weighted by Gasteiger charge is -2.03. The Morgan fingerprint density at radius 2 is 2.14 bits per heavy atom. The van der Waals surface area contributed by atoms with Gasteiger partial charge in [0.05, 0.1) is 18.5 Å². The second kappa shape index (κ2) is 7.02. The van der Waals surface area contributed by atoms with Crippen molar-refractivity contribution in [3.05, 3.63) is 65.4 Å². The molecule has 5 rings (SSSR count). The Morgan fingerprint density at radius 1 is 1.21 bits per heavy atom. The summed E-state index contributed by atoms with van der Waals surface area (Å²) < 4.78 is 6.88. The number of H-pyrrole nitrogens is 1. The van der Waals surface area contributed by atoms with Gasteiger partial charge in [-0.1, -0.05) is 6.07 Å². The van der Waals surface area contributed by atoms with Crippen molar-refractivity contribution >= 4 is 33.8 Å². The van der Waals surface area contributed by atoms with E-state index in [1.165, 1.54) is 0 Å². The highest BCUT2D eigenvalue weighted by Gasteiger charge is 2.13. The molecule has 4 aromatic heterocycles. The summed E-state index contributed by atoms with van der Waals surface area (Å²) in [5, 5.41) is 18.7. The fourth-order valence-electron chi connectivity index (χ4n) is 3.11. The summed E-state index contributed by atoms with van der Waals surface area (Å²) in [5.74, 6) is 1.06. The smallest absolute Gasteiger partial charge is 0.268 e. The summed E-state index contributed by atoms with van der Waals surface area (Å²) in [6, 6.07) is 15.2. The molecule has 4 heterocycles. The van der Waals surface area contributed by atoms with Gasteiger partial charge in [0.25, 0.3) is 5.91 Å². The lowest BCUT2D eigenvalue weighted by atomic mass is 10.2. The van der Waals surface area contributed by atoms with Gasteiger partial charge in [0, 0.05) is 17.0 Å². The molecule has 0 saturated carbocycles. The molecule has 0 atom stereocenters. The van der Waals surface area contributed by atoms with Crippen LogP contribution in [0.15, 0.2) is 53.9 Å². The largest absolute Gasteiger partial charge is 0.497 e. The molecule has 0 bridgehead atoms. The van der Waals surface area contributed by atoms with E-state index >= 15 is 0 Å². The van der Waals surface area contributed by atoms with Crippen molar-refractivity contribution in [2.45, 2.75) is 6.54 Å². The van der Waals surface area contributed by atoms with Crippen molar-refractivity contribution in [3.63, 3.8) is 0 Å². The SMILES string of the molecule is COc1ccc2cc(C(=O)NCc3nnc4ccc(-c5cccs5)nn34)[nH]c2c1. The van der Waals surface area contributed by atoms with E-state index in [0.29, 0.717) is 17.2 Å². The summed E-state index contributed by atoms with van der Waals surface area (Å²) in [6.07, 6.45) is 0. The maximum atomic E-state index is 12.6. The molecule has 0 saturated heterocycles. The number of carbonyl (C=O) groups is 1. The average Bonchev–Trinajstić information content (AvgIpc) is 3.50. The van der Waals surface area contributed by atoms with Crippen LogP contribution in [0.25, 0.3) is 27.1 Å². The van der Waals surface area contributed by atoms with E-state index in [2.05, 4.69) is 25.6 Å². The molecule has 2 N–H and O–H groups in total. The molecule has 1 amide bonds. The van der Waals surface area contributed by atoms with Crippen molar-refractivity contribution in [1.82, 2.24) is 30.1 Å². The number of aromatic nitrogens is 5. The molecule has 0 spiro atoms. The Kier molecular flexibility index (Phi) is 4.21. The van der Waals surface area contributed by atoms with Gasteiger partial charge in [-0.05, 0) is 41.8 Å². The van der Waals surface area contributed by atoms with Gasteiger partial charge in [-0.15, -0.1) is 21.5 Å². The number of carbonyl (C=O) groups excluding carboxylic acids is 1. The van der Waals surface area contributed by atoms with Gasteiger partial charge in [0.15, 0.2) is 11.5 Å². The molecule has 0 fully saturated rings. The minimum Gasteiger partial charge on any atom is -0.497 e. The number of nitrogens with zero attached hydrogens (tertiary/aromatic N) is 4. The number of amides is 1. The molecule has 0 aliphatic carbocycles. The summed E-state index contributed by atoms with van der Waals surface area (Å²) in [7, 11) is 1.61. The van der Waals surface area contributed by atoms with E-state index < -0.39 is 0 Å². The molecule has 0 radical (unpaired) electrons. The van der Waals surface area contributed by atoms with Crippen molar-refractivity contribution in [2.75, 3.05) is 7.11 Å². The predicted molar refractivity (Wildman–Crippen MR) is 110 cm³/mol. The normalized spacial score (nSPS) is 11.2. The number of thiophene rings is 1. The van der Waals surface area contributed by atoms with Gasteiger partial charge in [0.2, 0.25) is 0 Å². The Bertz CT molecular complexity index is 1320. The van der Waals surface area contributed by atoms with Crippen molar-refractivity contribution in [3.8, 4) is 16.3 Å². The van der Waals surface area contributed by atoms with Crippen LogP contribution in [0.4, 0.5) is 0 Å². The third-order valence-electron chi connectivity index (χ3n) is 4.58. The standard InChI is InChI=1S/C20H16N6O2S/c1-28-13-5-4-12-9-16(22-15(12)10-13)20(27)21-11-19-24-23-18-7-6-14(25-26(18)19)17-3-2-8-29-17/h2-10,22H,11H2,1H3,(H,21,27). The number of nitrogens with one attached hydrogen (secondary N) is 2. The fraction of sp³-hybridized carbons (Fsp3) is 0.100. The summed E-state index contributed by atoms with van der Waals surface area (Å²) in [6.45, 7) is 0.208. The number of methoxy groups -OCH3 is 1. The van der Waals surface area contributed by atoms with Crippen LogP contribution in [0.3, 0.4) is 0 Å². The number of benzene rings is 1. The van der Waals surface area contributed by atoms with Gasteiger partial charge >= 0.3 is 0 Å². The quantitative estimate of drug-likeness (QED) is 0.469. The Hall–Kier alpha value is -3.72. The van der Waals surface area contributed by atoms with E-state index in [-0.39, 0.29) is 12.5 Å². The second-order valence-corrected chi connectivity index (χ2v) is 7.35. The van der Waals surface area contributed by atoms with Gasteiger partial charge in [-0.2, -0.15) is 9.61 Å². The molecule has 0 aliphatic rings. The first-order valence-corrected chi connectivity index (χ1v) is 9.79. The number of ether oxygens (including phenoxy) is 1. The van der Waals surface area contributed by atoms with Crippen LogP contribution < -0.4 is 10.1 Å². The molecular weight excluding hydrogens is 388 g/mol. The molecule has 0 unspecified atom stereocenters. The third kappa shape index (κ3) is 3.21. The third-order valence-corrected chi connectivity index (χ3v) is 5.47. The monoisotopic (exact) mass is 404 g/mol. The minimum atomic E-state index is -0.230. The zero-order chi connectivity index (χ0) is 19.8. The summed E-state index contributed by atoms with van der Waals surface area (Å²) in [5.41, 5.74) is 2.77. The predicted octanol–water partition coefficient (Wildman–Crippen LogP) is 3.27. The Labute approximate surface area is 169 Å². The van der Waals surface area contributed by atoms with E-state index in [0.717, 1.165) is 27.2 Å². The molecule has 144 valence electrons.